The van der Waals surface area contributed by atoms with Crippen LogP contribution in [-0.2, 0) is 9.59 Å². The van der Waals surface area contributed by atoms with Crippen molar-refractivity contribution < 1.29 is 14.7 Å². The molecular formula is C16H17Cl2NO3. The molecule has 1 aliphatic heterocycles. The molecule has 118 valence electrons. The van der Waals surface area contributed by atoms with Crippen molar-refractivity contribution in [3.05, 3.63) is 33.8 Å². The van der Waals surface area contributed by atoms with E-state index in [1.54, 1.807) is 11.0 Å². The molecular weight excluding hydrogens is 325 g/mol. The van der Waals surface area contributed by atoms with Crippen molar-refractivity contribution in [2.24, 2.45) is 11.8 Å². The van der Waals surface area contributed by atoms with Gasteiger partial charge in [0.15, 0.2) is 0 Å². The Morgan fingerprint density at radius 1 is 1.27 bits per heavy atom. The van der Waals surface area contributed by atoms with Crippen molar-refractivity contribution >= 4 is 35.1 Å². The monoisotopic (exact) mass is 341 g/mol. The van der Waals surface area contributed by atoms with E-state index in [4.69, 9.17) is 28.3 Å². The summed E-state index contributed by atoms with van der Waals surface area (Å²) in [6, 6.07) is 5.47. The summed E-state index contributed by atoms with van der Waals surface area (Å²) in [5.74, 6) is -1.20. The molecule has 0 radical (unpaired) electrons. The van der Waals surface area contributed by atoms with E-state index in [2.05, 4.69) is 0 Å². The van der Waals surface area contributed by atoms with E-state index in [-0.39, 0.29) is 17.7 Å². The van der Waals surface area contributed by atoms with E-state index in [0.29, 0.717) is 29.6 Å². The number of aliphatic carboxylic acids is 1. The summed E-state index contributed by atoms with van der Waals surface area (Å²) in [4.78, 5) is 25.4. The Labute approximate surface area is 139 Å². The van der Waals surface area contributed by atoms with E-state index >= 15 is 0 Å². The van der Waals surface area contributed by atoms with E-state index < -0.39 is 11.9 Å². The Morgan fingerprint density at radius 3 is 2.77 bits per heavy atom. The molecule has 1 N–H and O–H groups in total. The highest BCUT2D eigenvalue weighted by atomic mass is 35.5. The first kappa shape index (κ1) is 15.6. The predicted octanol–water partition coefficient (Wildman–Crippen LogP) is 3.42. The van der Waals surface area contributed by atoms with Gasteiger partial charge in [-0.2, -0.15) is 0 Å². The fourth-order valence-corrected chi connectivity index (χ4v) is 3.68. The summed E-state index contributed by atoms with van der Waals surface area (Å²) in [6.07, 6.45) is 2.15. The molecule has 1 aromatic rings. The van der Waals surface area contributed by atoms with Crippen LogP contribution < -0.4 is 0 Å². The van der Waals surface area contributed by atoms with Crippen LogP contribution >= 0.6 is 23.2 Å². The van der Waals surface area contributed by atoms with Crippen molar-refractivity contribution in [2.75, 3.05) is 13.1 Å². The lowest BCUT2D eigenvalue weighted by Crippen LogP contribution is -2.43. The number of likely N-dealkylation sites (tertiary alicyclic amines) is 1. The number of hydrogen-bond donors (Lipinski definition) is 1. The molecule has 2 fully saturated rings. The van der Waals surface area contributed by atoms with Crippen molar-refractivity contribution in [3.8, 4) is 0 Å². The third kappa shape index (κ3) is 2.95. The molecule has 1 heterocycles. The number of carboxylic acids is 1. The lowest BCUT2D eigenvalue weighted by Gasteiger charge is -2.31. The Balaban J connectivity index is 1.68. The van der Waals surface area contributed by atoms with Gasteiger partial charge < -0.3 is 10.0 Å². The summed E-state index contributed by atoms with van der Waals surface area (Å²) in [7, 11) is 0. The van der Waals surface area contributed by atoms with E-state index in [0.717, 1.165) is 18.4 Å². The molecule has 0 spiro atoms. The Bertz CT molecular complexity index is 619. The molecule has 1 saturated carbocycles. The summed E-state index contributed by atoms with van der Waals surface area (Å²) < 4.78 is 0. The molecule has 0 unspecified atom stereocenters. The van der Waals surface area contributed by atoms with E-state index in [1.165, 1.54) is 0 Å². The zero-order valence-corrected chi connectivity index (χ0v) is 13.5. The molecule has 0 bridgehead atoms. The highest BCUT2D eigenvalue weighted by Crippen LogP contribution is 2.51. The minimum atomic E-state index is -0.817. The first-order chi connectivity index (χ1) is 10.5. The van der Waals surface area contributed by atoms with Gasteiger partial charge in [0, 0.05) is 19.0 Å². The highest BCUT2D eigenvalue weighted by Gasteiger charge is 2.47. The molecule has 3 atom stereocenters. The Morgan fingerprint density at radius 2 is 2.05 bits per heavy atom. The lowest BCUT2D eigenvalue weighted by atomic mass is 9.97. The van der Waals surface area contributed by atoms with Crippen LogP contribution in [0.4, 0.5) is 0 Å². The van der Waals surface area contributed by atoms with Crippen molar-refractivity contribution in [3.63, 3.8) is 0 Å². The number of rotatable bonds is 3. The first-order valence-corrected chi connectivity index (χ1v) is 8.20. The van der Waals surface area contributed by atoms with Crippen molar-refractivity contribution in [1.82, 2.24) is 4.90 Å². The lowest BCUT2D eigenvalue weighted by molar-refractivity contribution is -0.146. The van der Waals surface area contributed by atoms with Gasteiger partial charge in [-0.3, -0.25) is 9.59 Å². The molecule has 6 heteroatoms. The third-order valence-electron chi connectivity index (χ3n) is 4.57. The van der Waals surface area contributed by atoms with Crippen molar-refractivity contribution in [2.45, 2.75) is 25.2 Å². The Hall–Kier alpha value is -1.26. The number of carbonyl (C=O) groups excluding carboxylic acids is 1. The van der Waals surface area contributed by atoms with Crippen LogP contribution in [0.1, 0.15) is 30.7 Å². The normalized spacial score (nSPS) is 27.5. The molecule has 2 aliphatic rings. The molecule has 1 aliphatic carbocycles. The molecule has 22 heavy (non-hydrogen) atoms. The summed E-state index contributed by atoms with van der Waals surface area (Å²) >= 11 is 12.2. The van der Waals surface area contributed by atoms with Gasteiger partial charge in [-0.05, 0) is 36.8 Å². The second kappa shape index (κ2) is 6.09. The smallest absolute Gasteiger partial charge is 0.308 e. The summed E-state index contributed by atoms with van der Waals surface area (Å²) in [6.45, 7) is 0.968. The second-order valence-electron chi connectivity index (χ2n) is 6.05. The molecule has 1 amide bonds. The van der Waals surface area contributed by atoms with Crippen LogP contribution in [0, 0.1) is 11.8 Å². The zero-order chi connectivity index (χ0) is 15.9. The Kier molecular flexibility index (Phi) is 4.33. The van der Waals surface area contributed by atoms with Gasteiger partial charge in [-0.15, -0.1) is 0 Å². The number of nitrogens with zero attached hydrogens (tertiary/aromatic N) is 1. The minimum Gasteiger partial charge on any atom is -0.481 e. The van der Waals surface area contributed by atoms with Gasteiger partial charge in [0.1, 0.15) is 0 Å². The molecule has 1 aromatic carbocycles. The second-order valence-corrected chi connectivity index (χ2v) is 6.84. The predicted molar refractivity (Wildman–Crippen MR) is 84.2 cm³/mol. The quantitative estimate of drug-likeness (QED) is 0.916. The van der Waals surface area contributed by atoms with Crippen LogP contribution in [-0.4, -0.2) is 35.0 Å². The third-order valence-corrected chi connectivity index (χ3v) is 5.40. The fourth-order valence-electron chi connectivity index (χ4n) is 3.23. The van der Waals surface area contributed by atoms with Gasteiger partial charge in [0.05, 0.1) is 16.0 Å². The molecule has 1 saturated heterocycles. The standard InChI is InChI=1S/C16H17Cl2NO3/c17-13-5-1-4-10(14(13)18)11-7-12(11)15(20)19-6-2-3-9(8-19)16(21)22/h1,4-5,9,11-12H,2-3,6-8H2,(H,21,22)/t9-,11-,12-/m1/s1. The van der Waals surface area contributed by atoms with Crippen LogP contribution in [0.5, 0.6) is 0 Å². The van der Waals surface area contributed by atoms with Gasteiger partial charge in [0.25, 0.3) is 0 Å². The largest absolute Gasteiger partial charge is 0.481 e. The van der Waals surface area contributed by atoms with Crippen molar-refractivity contribution in [1.29, 1.82) is 0 Å². The number of halogens is 2. The first-order valence-electron chi connectivity index (χ1n) is 7.44. The summed E-state index contributed by atoms with van der Waals surface area (Å²) in [5, 5.41) is 10.1. The van der Waals surface area contributed by atoms with E-state index in [1.807, 2.05) is 12.1 Å². The molecule has 4 nitrogen and oxygen atoms in total. The average Bonchev–Trinajstić information content (AvgIpc) is 3.29. The number of hydrogen-bond acceptors (Lipinski definition) is 2. The number of carbonyl (C=O) groups is 2. The van der Waals surface area contributed by atoms with Crippen LogP contribution in [0.3, 0.4) is 0 Å². The number of carboxylic acid groups (broad SMARTS) is 1. The van der Waals surface area contributed by atoms with Crippen LogP contribution in [0.15, 0.2) is 18.2 Å². The van der Waals surface area contributed by atoms with Crippen LogP contribution in [0.2, 0.25) is 10.0 Å². The topological polar surface area (TPSA) is 57.6 Å². The molecule has 3 rings (SSSR count). The number of amides is 1. The number of piperidine rings is 1. The zero-order valence-electron chi connectivity index (χ0n) is 12.0. The van der Waals surface area contributed by atoms with Gasteiger partial charge in [-0.1, -0.05) is 35.3 Å². The highest BCUT2D eigenvalue weighted by molar-refractivity contribution is 6.42. The van der Waals surface area contributed by atoms with Crippen LogP contribution in [0.25, 0.3) is 0 Å². The maximum Gasteiger partial charge on any atom is 0.308 e. The summed E-state index contributed by atoms with van der Waals surface area (Å²) in [5.41, 5.74) is 0.916. The minimum absolute atomic E-state index is 0.0481. The maximum atomic E-state index is 12.6. The maximum absolute atomic E-state index is 12.6. The fraction of sp³-hybridized carbons (Fsp3) is 0.500. The average molecular weight is 342 g/mol. The van der Waals surface area contributed by atoms with Gasteiger partial charge >= 0.3 is 5.97 Å². The number of benzene rings is 1. The van der Waals surface area contributed by atoms with E-state index in [9.17, 15) is 9.59 Å². The SMILES string of the molecule is O=C(O)[C@@H]1CCCN(C(=O)[C@@H]2C[C@@H]2c2cccc(Cl)c2Cl)C1. The van der Waals surface area contributed by atoms with Gasteiger partial charge in [0.2, 0.25) is 5.91 Å². The molecule has 0 aromatic heterocycles. The van der Waals surface area contributed by atoms with Gasteiger partial charge in [-0.25, -0.2) is 0 Å².